The molecule has 1 aromatic carbocycles. The van der Waals surface area contributed by atoms with Crippen LogP contribution < -0.4 is 0 Å². The summed E-state index contributed by atoms with van der Waals surface area (Å²) in [4.78, 5) is 0. The van der Waals surface area contributed by atoms with E-state index in [1.54, 1.807) is 18.2 Å². The Morgan fingerprint density at radius 3 is 2.92 bits per heavy atom. The monoisotopic (exact) mass is 193 g/mol. The third kappa shape index (κ3) is 2.67. The smallest absolute Gasteiger partial charge is 0.133 e. The van der Waals surface area contributed by atoms with Crippen LogP contribution in [-0.4, -0.2) is 5.11 Å². The fourth-order valence-electron chi connectivity index (χ4n) is 1.18. The maximum atomic E-state index is 9.23. The predicted octanol–water partition coefficient (Wildman–Crippen LogP) is 3.06. The van der Waals surface area contributed by atoms with E-state index in [2.05, 4.69) is 5.40 Å². The first-order valence-electron chi connectivity index (χ1n) is 4.11. The summed E-state index contributed by atoms with van der Waals surface area (Å²) in [5, 5.41) is 20.0. The summed E-state index contributed by atoms with van der Waals surface area (Å²) < 4.78 is 0. The molecule has 1 N–H and O–H groups in total. The fourth-order valence-corrected chi connectivity index (χ4v) is 1.75. The van der Waals surface area contributed by atoms with Gasteiger partial charge in [0, 0.05) is 5.25 Å². The molecule has 1 unspecified atom stereocenters. The normalized spacial score (nSPS) is 12.0. The van der Waals surface area contributed by atoms with Gasteiger partial charge in [-0.1, -0.05) is 19.1 Å². The summed E-state index contributed by atoms with van der Waals surface area (Å²) in [5.41, 5.74) is 1.01. The van der Waals surface area contributed by atoms with Crippen LogP contribution in [0.3, 0.4) is 0 Å². The van der Waals surface area contributed by atoms with Gasteiger partial charge in [0.2, 0.25) is 0 Å². The minimum absolute atomic E-state index is 0.164. The Bertz CT molecular complexity index is 319. The average molecular weight is 193 g/mol. The molecule has 1 aromatic rings. The molecular weight excluding hydrogens is 182 g/mol. The standard InChI is InChI=1S/C10H11NOS/c1-2-10(13-7-11)8-4-3-5-9(12)6-8/h3-6,10,12H,2H2,1H3. The number of phenols is 1. The van der Waals surface area contributed by atoms with Gasteiger partial charge < -0.3 is 5.11 Å². The summed E-state index contributed by atoms with van der Waals surface area (Å²) in [7, 11) is 0. The molecular formula is C10H11NOS. The molecule has 0 spiro atoms. The molecule has 1 rings (SSSR count). The third-order valence-electron chi connectivity index (χ3n) is 1.81. The largest absolute Gasteiger partial charge is 0.508 e. The molecule has 1 atom stereocenters. The van der Waals surface area contributed by atoms with Crippen molar-refractivity contribution in [2.24, 2.45) is 0 Å². The zero-order chi connectivity index (χ0) is 9.68. The van der Waals surface area contributed by atoms with Crippen LogP contribution >= 0.6 is 11.8 Å². The summed E-state index contributed by atoms with van der Waals surface area (Å²) in [6.07, 6.45) is 0.891. The lowest BCUT2D eigenvalue weighted by atomic mass is 10.1. The minimum atomic E-state index is 0.164. The van der Waals surface area contributed by atoms with Crippen LogP contribution in [0.15, 0.2) is 24.3 Å². The van der Waals surface area contributed by atoms with Gasteiger partial charge in [-0.05, 0) is 35.9 Å². The lowest BCUT2D eigenvalue weighted by molar-refractivity contribution is 0.474. The number of rotatable bonds is 3. The van der Waals surface area contributed by atoms with E-state index in [0.29, 0.717) is 0 Å². The number of thiocyanates is 1. The molecule has 0 aromatic heterocycles. The first kappa shape index (κ1) is 9.94. The molecule has 0 aliphatic rings. The molecule has 68 valence electrons. The van der Waals surface area contributed by atoms with Crippen molar-refractivity contribution in [3.63, 3.8) is 0 Å². The molecule has 0 aliphatic heterocycles. The number of thioether (sulfide) groups is 1. The van der Waals surface area contributed by atoms with Gasteiger partial charge in [-0.25, -0.2) is 0 Å². The number of nitriles is 1. The number of aromatic hydroxyl groups is 1. The van der Waals surface area contributed by atoms with Crippen molar-refractivity contribution in [2.45, 2.75) is 18.6 Å². The minimum Gasteiger partial charge on any atom is -0.508 e. The van der Waals surface area contributed by atoms with Gasteiger partial charge in [0.25, 0.3) is 0 Å². The van der Waals surface area contributed by atoms with Crippen molar-refractivity contribution in [3.8, 4) is 11.2 Å². The van der Waals surface area contributed by atoms with Crippen molar-refractivity contribution in [1.29, 1.82) is 5.26 Å². The van der Waals surface area contributed by atoms with Gasteiger partial charge in [0.05, 0.1) is 0 Å². The Morgan fingerprint density at radius 1 is 1.62 bits per heavy atom. The van der Waals surface area contributed by atoms with Crippen molar-refractivity contribution >= 4 is 11.8 Å². The van der Waals surface area contributed by atoms with E-state index in [1.807, 2.05) is 13.0 Å². The highest BCUT2D eigenvalue weighted by Crippen LogP contribution is 2.32. The Balaban J connectivity index is 2.86. The quantitative estimate of drug-likeness (QED) is 0.750. The zero-order valence-electron chi connectivity index (χ0n) is 7.40. The number of hydrogen-bond acceptors (Lipinski definition) is 3. The number of benzene rings is 1. The highest BCUT2D eigenvalue weighted by atomic mass is 32.2. The van der Waals surface area contributed by atoms with Crippen LogP contribution in [0.5, 0.6) is 5.75 Å². The lowest BCUT2D eigenvalue weighted by Crippen LogP contribution is -1.89. The lowest BCUT2D eigenvalue weighted by Gasteiger charge is -2.09. The van der Waals surface area contributed by atoms with Gasteiger partial charge in [0.1, 0.15) is 11.2 Å². The van der Waals surface area contributed by atoms with Crippen molar-refractivity contribution < 1.29 is 5.11 Å². The van der Waals surface area contributed by atoms with E-state index in [0.717, 1.165) is 12.0 Å². The van der Waals surface area contributed by atoms with Crippen LogP contribution in [0.4, 0.5) is 0 Å². The molecule has 0 amide bonds. The molecule has 0 radical (unpaired) electrons. The second kappa shape index (κ2) is 4.78. The van der Waals surface area contributed by atoms with Crippen LogP contribution in [0.1, 0.15) is 24.2 Å². The van der Waals surface area contributed by atoms with Gasteiger partial charge >= 0.3 is 0 Å². The van der Waals surface area contributed by atoms with E-state index in [9.17, 15) is 5.11 Å². The molecule has 0 aliphatic carbocycles. The predicted molar refractivity (Wildman–Crippen MR) is 54.3 cm³/mol. The van der Waals surface area contributed by atoms with Crippen LogP contribution in [0.25, 0.3) is 0 Å². The second-order valence-corrected chi connectivity index (χ2v) is 3.69. The Kier molecular flexibility index (Phi) is 3.66. The van der Waals surface area contributed by atoms with Crippen LogP contribution in [-0.2, 0) is 0 Å². The average Bonchev–Trinajstić information content (AvgIpc) is 2.14. The van der Waals surface area contributed by atoms with Gasteiger partial charge in [-0.2, -0.15) is 5.26 Å². The van der Waals surface area contributed by atoms with E-state index in [-0.39, 0.29) is 11.0 Å². The van der Waals surface area contributed by atoms with Crippen molar-refractivity contribution in [1.82, 2.24) is 0 Å². The SMILES string of the molecule is CCC(SC#N)c1cccc(O)c1. The number of nitrogens with zero attached hydrogens (tertiary/aromatic N) is 1. The van der Waals surface area contributed by atoms with E-state index >= 15 is 0 Å². The zero-order valence-corrected chi connectivity index (χ0v) is 8.21. The highest BCUT2D eigenvalue weighted by molar-refractivity contribution is 8.03. The van der Waals surface area contributed by atoms with E-state index in [4.69, 9.17) is 5.26 Å². The Hall–Kier alpha value is -1.14. The molecule has 13 heavy (non-hydrogen) atoms. The van der Waals surface area contributed by atoms with Crippen LogP contribution in [0, 0.1) is 10.7 Å². The molecule has 0 saturated carbocycles. The molecule has 0 bridgehead atoms. The molecule has 0 heterocycles. The van der Waals surface area contributed by atoms with Gasteiger partial charge in [-0.3, -0.25) is 0 Å². The maximum Gasteiger partial charge on any atom is 0.133 e. The molecule has 0 fully saturated rings. The third-order valence-corrected chi connectivity index (χ3v) is 2.80. The molecule has 3 heteroatoms. The summed E-state index contributed by atoms with van der Waals surface area (Å²) in [5.74, 6) is 0.259. The maximum absolute atomic E-state index is 9.23. The first-order valence-corrected chi connectivity index (χ1v) is 4.99. The van der Waals surface area contributed by atoms with E-state index < -0.39 is 0 Å². The number of hydrogen-bond donors (Lipinski definition) is 1. The molecule has 2 nitrogen and oxygen atoms in total. The van der Waals surface area contributed by atoms with Gasteiger partial charge in [-0.15, -0.1) is 0 Å². The second-order valence-electron chi connectivity index (χ2n) is 2.70. The summed E-state index contributed by atoms with van der Waals surface area (Å²) in [6, 6.07) is 7.06. The van der Waals surface area contributed by atoms with Crippen molar-refractivity contribution in [2.75, 3.05) is 0 Å². The highest BCUT2D eigenvalue weighted by Gasteiger charge is 2.09. The summed E-state index contributed by atoms with van der Waals surface area (Å²) in [6.45, 7) is 2.03. The topological polar surface area (TPSA) is 44.0 Å². The fraction of sp³-hybridized carbons (Fsp3) is 0.300. The Labute approximate surface area is 82.2 Å². The van der Waals surface area contributed by atoms with Gasteiger partial charge in [0.15, 0.2) is 0 Å². The number of phenolic OH excluding ortho intramolecular Hbond substituents is 1. The van der Waals surface area contributed by atoms with Crippen LogP contribution in [0.2, 0.25) is 0 Å². The molecule has 0 saturated heterocycles. The summed E-state index contributed by atoms with van der Waals surface area (Å²) >= 11 is 1.23. The first-order chi connectivity index (χ1) is 6.27. The Morgan fingerprint density at radius 2 is 2.38 bits per heavy atom. The van der Waals surface area contributed by atoms with Crippen molar-refractivity contribution in [3.05, 3.63) is 29.8 Å². The van der Waals surface area contributed by atoms with E-state index in [1.165, 1.54) is 11.8 Å².